The molecule has 0 amide bonds. The van der Waals surface area contributed by atoms with E-state index in [9.17, 15) is 4.39 Å². The molecule has 0 heterocycles. The third kappa shape index (κ3) is 1.85. The molecule has 16 heavy (non-hydrogen) atoms. The van der Waals surface area contributed by atoms with E-state index in [1.54, 1.807) is 12.1 Å². The van der Waals surface area contributed by atoms with Gasteiger partial charge in [-0.2, -0.15) is 0 Å². The van der Waals surface area contributed by atoms with Gasteiger partial charge in [0, 0.05) is 0 Å². The molecule has 1 radical (unpaired) electrons. The van der Waals surface area contributed by atoms with Crippen molar-refractivity contribution in [3.63, 3.8) is 0 Å². The average Bonchev–Trinajstić information content (AvgIpc) is 3.13. The van der Waals surface area contributed by atoms with Crippen molar-refractivity contribution in [3.05, 3.63) is 59.9 Å². The summed E-state index contributed by atoms with van der Waals surface area (Å²) in [6.45, 7) is 0. The van der Waals surface area contributed by atoms with Gasteiger partial charge in [-0.15, -0.1) is 0 Å². The summed E-state index contributed by atoms with van der Waals surface area (Å²) in [7, 11) is 0. The van der Waals surface area contributed by atoms with Crippen molar-refractivity contribution >= 4 is 0 Å². The predicted octanol–water partition coefficient (Wildman–Crippen LogP) is 4.17. The molecule has 1 fully saturated rings. The van der Waals surface area contributed by atoms with Crippen molar-refractivity contribution in [2.75, 3.05) is 0 Å². The zero-order valence-electron chi connectivity index (χ0n) is 8.91. The van der Waals surface area contributed by atoms with E-state index in [1.165, 1.54) is 24.5 Å². The summed E-state index contributed by atoms with van der Waals surface area (Å²) < 4.78 is 13.1. The van der Waals surface area contributed by atoms with Crippen LogP contribution in [0.4, 0.5) is 4.39 Å². The Balaban J connectivity index is 1.94. The Morgan fingerprint density at radius 1 is 1.06 bits per heavy atom. The van der Waals surface area contributed by atoms with Crippen LogP contribution in [0.1, 0.15) is 24.3 Å². The molecule has 1 aliphatic rings. The van der Waals surface area contributed by atoms with Crippen molar-refractivity contribution in [3.8, 4) is 11.1 Å². The molecular formula is C15H12F. The molecule has 2 aromatic rings. The van der Waals surface area contributed by atoms with Gasteiger partial charge in [0.1, 0.15) is 5.82 Å². The van der Waals surface area contributed by atoms with Gasteiger partial charge in [-0.3, -0.25) is 0 Å². The van der Waals surface area contributed by atoms with Crippen LogP contribution in [0.5, 0.6) is 0 Å². The first kappa shape index (κ1) is 9.59. The van der Waals surface area contributed by atoms with Crippen LogP contribution < -0.4 is 0 Å². The highest BCUT2D eigenvalue weighted by molar-refractivity contribution is 5.63. The molecule has 79 valence electrons. The van der Waals surface area contributed by atoms with Gasteiger partial charge in [0.15, 0.2) is 0 Å². The predicted molar refractivity (Wildman–Crippen MR) is 62.6 cm³/mol. The molecular weight excluding hydrogens is 199 g/mol. The Labute approximate surface area is 94.7 Å². The number of rotatable bonds is 2. The van der Waals surface area contributed by atoms with Crippen LogP contribution in [-0.4, -0.2) is 0 Å². The summed E-state index contributed by atoms with van der Waals surface area (Å²) in [5, 5.41) is 0. The first-order valence-corrected chi connectivity index (χ1v) is 5.60. The van der Waals surface area contributed by atoms with Gasteiger partial charge < -0.3 is 0 Å². The topological polar surface area (TPSA) is 0 Å². The lowest BCUT2D eigenvalue weighted by Gasteiger charge is -2.03. The van der Waals surface area contributed by atoms with Gasteiger partial charge in [0.2, 0.25) is 0 Å². The zero-order chi connectivity index (χ0) is 11.0. The number of hydrogen-bond acceptors (Lipinski definition) is 0. The van der Waals surface area contributed by atoms with Gasteiger partial charge in [-0.25, -0.2) is 4.39 Å². The fourth-order valence-corrected chi connectivity index (χ4v) is 1.93. The molecule has 0 unspecified atom stereocenters. The maximum atomic E-state index is 13.1. The summed E-state index contributed by atoms with van der Waals surface area (Å²) in [5.74, 6) is 0.533. The zero-order valence-corrected chi connectivity index (χ0v) is 8.91. The Kier molecular flexibility index (Phi) is 2.24. The van der Waals surface area contributed by atoms with Crippen LogP contribution in [0.15, 0.2) is 42.5 Å². The Morgan fingerprint density at radius 2 is 1.94 bits per heavy atom. The van der Waals surface area contributed by atoms with E-state index in [4.69, 9.17) is 0 Å². The molecule has 0 saturated heterocycles. The highest BCUT2D eigenvalue weighted by Crippen LogP contribution is 2.40. The Hall–Kier alpha value is -1.63. The molecule has 3 rings (SSSR count). The normalized spacial score (nSPS) is 15.1. The number of hydrogen-bond donors (Lipinski definition) is 0. The summed E-state index contributed by atoms with van der Waals surface area (Å²) in [4.78, 5) is 0. The van der Waals surface area contributed by atoms with Gasteiger partial charge >= 0.3 is 0 Å². The third-order valence-electron chi connectivity index (χ3n) is 3.01. The van der Waals surface area contributed by atoms with Gasteiger partial charge in [0.25, 0.3) is 0 Å². The molecule has 0 atom stereocenters. The first-order valence-electron chi connectivity index (χ1n) is 5.60. The summed E-state index contributed by atoms with van der Waals surface area (Å²) in [5.41, 5.74) is 3.24. The minimum atomic E-state index is -0.191. The summed E-state index contributed by atoms with van der Waals surface area (Å²) >= 11 is 0. The standard InChI is InChI=1S/C15H12F/c16-15-3-1-2-14(10-15)13-8-6-12(7-9-13)11-4-5-11/h1-3,6,8-11H,4-5H2. The maximum Gasteiger partial charge on any atom is 0.123 e. The van der Waals surface area contributed by atoms with E-state index in [1.807, 2.05) is 12.1 Å². The molecule has 0 spiro atoms. The molecule has 0 nitrogen and oxygen atoms in total. The van der Waals surface area contributed by atoms with Gasteiger partial charge in [0.05, 0.1) is 0 Å². The molecule has 1 saturated carbocycles. The highest BCUT2D eigenvalue weighted by Gasteiger charge is 2.23. The van der Waals surface area contributed by atoms with E-state index in [-0.39, 0.29) is 5.82 Å². The van der Waals surface area contributed by atoms with E-state index >= 15 is 0 Å². The molecule has 1 aliphatic carbocycles. The molecule has 2 aromatic carbocycles. The lowest BCUT2D eigenvalue weighted by atomic mass is 10.0. The Morgan fingerprint density at radius 3 is 2.56 bits per heavy atom. The number of halogens is 1. The Bertz CT molecular complexity index is 495. The SMILES string of the molecule is Fc1cccc(-c2c[c]c(C3CC3)cc2)c1. The van der Waals surface area contributed by atoms with Crippen LogP contribution in [0.2, 0.25) is 0 Å². The minimum Gasteiger partial charge on any atom is -0.207 e. The fraction of sp³-hybridized carbons (Fsp3) is 0.200. The first-order chi connectivity index (χ1) is 7.83. The van der Waals surface area contributed by atoms with Crippen LogP contribution in [0.3, 0.4) is 0 Å². The molecule has 1 heteroatoms. The van der Waals surface area contributed by atoms with Crippen molar-refractivity contribution in [1.29, 1.82) is 0 Å². The second-order valence-electron chi connectivity index (χ2n) is 4.32. The van der Waals surface area contributed by atoms with Crippen molar-refractivity contribution in [2.45, 2.75) is 18.8 Å². The fourth-order valence-electron chi connectivity index (χ4n) is 1.93. The molecule has 0 aromatic heterocycles. The van der Waals surface area contributed by atoms with E-state index in [0.29, 0.717) is 0 Å². The van der Waals surface area contributed by atoms with Crippen LogP contribution in [-0.2, 0) is 0 Å². The van der Waals surface area contributed by atoms with Crippen molar-refractivity contribution < 1.29 is 4.39 Å². The van der Waals surface area contributed by atoms with Gasteiger partial charge in [-0.1, -0.05) is 24.3 Å². The van der Waals surface area contributed by atoms with Crippen molar-refractivity contribution in [1.82, 2.24) is 0 Å². The van der Waals surface area contributed by atoms with Crippen molar-refractivity contribution in [2.24, 2.45) is 0 Å². The third-order valence-corrected chi connectivity index (χ3v) is 3.01. The quantitative estimate of drug-likeness (QED) is 0.699. The van der Waals surface area contributed by atoms with Crippen LogP contribution >= 0.6 is 0 Å². The van der Waals surface area contributed by atoms with E-state index in [2.05, 4.69) is 18.2 Å². The summed E-state index contributed by atoms with van der Waals surface area (Å²) in [6.07, 6.45) is 2.58. The molecule has 0 aliphatic heterocycles. The summed E-state index contributed by atoms with van der Waals surface area (Å²) in [6, 6.07) is 16.1. The second-order valence-corrected chi connectivity index (χ2v) is 4.32. The smallest absolute Gasteiger partial charge is 0.123 e. The minimum absolute atomic E-state index is 0.191. The van der Waals surface area contributed by atoms with Gasteiger partial charge in [-0.05, 0) is 59.7 Å². The van der Waals surface area contributed by atoms with Crippen LogP contribution in [0.25, 0.3) is 11.1 Å². The number of benzene rings is 2. The highest BCUT2D eigenvalue weighted by atomic mass is 19.1. The maximum absolute atomic E-state index is 13.1. The lowest BCUT2D eigenvalue weighted by molar-refractivity contribution is 0.628. The average molecular weight is 211 g/mol. The van der Waals surface area contributed by atoms with Crippen LogP contribution in [0, 0.1) is 11.9 Å². The lowest BCUT2D eigenvalue weighted by Crippen LogP contribution is -1.82. The molecule has 0 bridgehead atoms. The largest absolute Gasteiger partial charge is 0.207 e. The van der Waals surface area contributed by atoms with E-state index < -0.39 is 0 Å². The molecule has 0 N–H and O–H groups in total. The monoisotopic (exact) mass is 211 g/mol. The van der Waals surface area contributed by atoms with E-state index in [0.717, 1.165) is 17.0 Å². The second kappa shape index (κ2) is 3.75.